The fourth-order valence-corrected chi connectivity index (χ4v) is 3.53. The van der Waals surface area contributed by atoms with Gasteiger partial charge >= 0.3 is 0 Å². The summed E-state index contributed by atoms with van der Waals surface area (Å²) in [6.45, 7) is 4.98. The van der Waals surface area contributed by atoms with Crippen LogP contribution in [0.25, 0.3) is 0 Å². The number of sulfonamides is 1. The van der Waals surface area contributed by atoms with Gasteiger partial charge in [0.2, 0.25) is 10.0 Å². The minimum absolute atomic E-state index is 0.178. The van der Waals surface area contributed by atoms with Gasteiger partial charge in [-0.3, -0.25) is 20.4 Å². The Hall–Kier alpha value is -2.78. The van der Waals surface area contributed by atoms with Crippen molar-refractivity contribution in [2.45, 2.75) is 31.7 Å². The topological polar surface area (TPSA) is 104 Å². The number of carbonyl (C=O) groups excluding carboxylic acids is 2. The fourth-order valence-electron chi connectivity index (χ4n) is 2.33. The largest absolute Gasteiger partial charge is 0.271 e. The smallest absolute Gasteiger partial charge is 0.269 e. The first-order chi connectivity index (χ1) is 12.6. The first-order valence-electron chi connectivity index (χ1n) is 8.05. The maximum absolute atomic E-state index is 12.9. The first kappa shape index (κ1) is 20.5. The van der Waals surface area contributed by atoms with E-state index in [0.29, 0.717) is 5.56 Å². The molecule has 7 nitrogen and oxygen atoms in total. The Morgan fingerprint density at radius 3 is 2.22 bits per heavy atom. The molecular weight excluding hydrogens is 373 g/mol. The minimum Gasteiger partial charge on any atom is -0.271 e. The Bertz CT molecular complexity index is 959. The van der Waals surface area contributed by atoms with E-state index in [0.717, 1.165) is 35.4 Å². The van der Waals surface area contributed by atoms with Crippen molar-refractivity contribution in [2.24, 2.45) is 0 Å². The van der Waals surface area contributed by atoms with Gasteiger partial charge in [-0.2, -0.15) is 4.72 Å². The molecule has 0 aliphatic heterocycles. The summed E-state index contributed by atoms with van der Waals surface area (Å²) in [5.41, 5.74) is 6.56. The van der Waals surface area contributed by atoms with Gasteiger partial charge < -0.3 is 0 Å². The van der Waals surface area contributed by atoms with Crippen molar-refractivity contribution < 1.29 is 22.4 Å². The summed E-state index contributed by atoms with van der Waals surface area (Å²) in [5.74, 6) is -1.85. The maximum Gasteiger partial charge on any atom is 0.269 e. The molecule has 0 fully saturated rings. The highest BCUT2D eigenvalue weighted by Crippen LogP contribution is 2.11. The lowest BCUT2D eigenvalue weighted by Crippen LogP contribution is -2.51. The van der Waals surface area contributed by atoms with Gasteiger partial charge in [-0.05, 0) is 56.7 Å². The monoisotopic (exact) mass is 393 g/mol. The minimum atomic E-state index is -4.01. The zero-order chi connectivity index (χ0) is 20.2. The van der Waals surface area contributed by atoms with Crippen LogP contribution in [0, 0.1) is 19.7 Å². The van der Waals surface area contributed by atoms with Crippen molar-refractivity contribution in [1.29, 1.82) is 0 Å². The fraction of sp³-hybridized carbons (Fsp3) is 0.222. The molecule has 0 saturated carbocycles. The van der Waals surface area contributed by atoms with E-state index in [1.807, 2.05) is 13.0 Å². The van der Waals surface area contributed by atoms with Crippen LogP contribution >= 0.6 is 0 Å². The molecule has 0 aliphatic rings. The molecule has 2 rings (SSSR count). The van der Waals surface area contributed by atoms with Gasteiger partial charge in [0.25, 0.3) is 11.8 Å². The zero-order valence-electron chi connectivity index (χ0n) is 15.0. The van der Waals surface area contributed by atoms with E-state index in [2.05, 4.69) is 15.6 Å². The second kappa shape index (κ2) is 8.28. The van der Waals surface area contributed by atoms with Crippen LogP contribution < -0.4 is 15.6 Å². The van der Waals surface area contributed by atoms with Gasteiger partial charge in [-0.15, -0.1) is 0 Å². The van der Waals surface area contributed by atoms with E-state index < -0.39 is 33.7 Å². The summed E-state index contributed by atoms with van der Waals surface area (Å²) in [6, 6.07) is 8.24. The van der Waals surface area contributed by atoms with Crippen LogP contribution in [0.3, 0.4) is 0 Å². The number of hydrogen-bond acceptors (Lipinski definition) is 4. The lowest BCUT2D eigenvalue weighted by Gasteiger charge is -2.15. The number of hydrogen-bond donors (Lipinski definition) is 3. The average molecular weight is 393 g/mol. The van der Waals surface area contributed by atoms with Crippen molar-refractivity contribution in [3.05, 3.63) is 65.0 Å². The van der Waals surface area contributed by atoms with Crippen LogP contribution in [0.15, 0.2) is 47.4 Å². The predicted octanol–water partition coefficient (Wildman–Crippen LogP) is 1.57. The van der Waals surface area contributed by atoms with E-state index in [1.165, 1.54) is 6.92 Å². The molecule has 0 unspecified atom stereocenters. The summed E-state index contributed by atoms with van der Waals surface area (Å²) in [7, 11) is -4.01. The Balaban J connectivity index is 1.97. The van der Waals surface area contributed by atoms with Gasteiger partial charge in [0.1, 0.15) is 5.82 Å². The molecule has 0 aliphatic carbocycles. The van der Waals surface area contributed by atoms with Crippen molar-refractivity contribution in [1.82, 2.24) is 15.6 Å². The number of rotatable bonds is 5. The lowest BCUT2D eigenvalue weighted by atomic mass is 10.1. The molecule has 2 amide bonds. The molecule has 0 spiro atoms. The van der Waals surface area contributed by atoms with Crippen molar-refractivity contribution >= 4 is 21.8 Å². The summed E-state index contributed by atoms with van der Waals surface area (Å²) >= 11 is 0. The van der Waals surface area contributed by atoms with E-state index in [-0.39, 0.29) is 4.90 Å². The van der Waals surface area contributed by atoms with Crippen LogP contribution in [0.2, 0.25) is 0 Å². The number of carbonyl (C=O) groups is 2. The number of amides is 2. The average Bonchev–Trinajstić information content (AvgIpc) is 2.59. The molecule has 9 heteroatoms. The first-order valence-corrected chi connectivity index (χ1v) is 9.54. The van der Waals surface area contributed by atoms with Crippen molar-refractivity contribution in [3.8, 4) is 0 Å². The molecule has 0 aromatic heterocycles. The third kappa shape index (κ3) is 5.35. The number of halogens is 1. The highest BCUT2D eigenvalue weighted by atomic mass is 32.2. The summed E-state index contributed by atoms with van der Waals surface area (Å²) in [5, 5.41) is 0. The van der Waals surface area contributed by atoms with Gasteiger partial charge in [0.05, 0.1) is 10.9 Å². The van der Waals surface area contributed by atoms with Crippen LogP contribution in [0.5, 0.6) is 0 Å². The number of benzene rings is 2. The van der Waals surface area contributed by atoms with Crippen LogP contribution in [-0.2, 0) is 14.8 Å². The molecule has 144 valence electrons. The Labute approximate surface area is 157 Å². The maximum atomic E-state index is 12.9. The highest BCUT2D eigenvalue weighted by molar-refractivity contribution is 7.89. The predicted molar refractivity (Wildman–Crippen MR) is 97.7 cm³/mol. The second-order valence-corrected chi connectivity index (χ2v) is 7.77. The summed E-state index contributed by atoms with van der Waals surface area (Å²) in [4.78, 5) is 24.0. The Morgan fingerprint density at radius 2 is 1.63 bits per heavy atom. The van der Waals surface area contributed by atoms with Gasteiger partial charge in [0, 0.05) is 5.56 Å². The highest BCUT2D eigenvalue weighted by Gasteiger charge is 2.22. The van der Waals surface area contributed by atoms with Gasteiger partial charge in [-0.25, -0.2) is 12.8 Å². The molecule has 27 heavy (non-hydrogen) atoms. The standard InChI is InChI=1S/C18H20FN3O4S/c1-11-4-9-16(12(2)10-11)18(24)21-20-17(23)13(3)22-27(25,26)15-7-5-14(19)6-8-15/h4-10,13,22H,1-3H3,(H,20,23)(H,21,24)/t13-/m0/s1. The molecule has 2 aromatic carbocycles. The summed E-state index contributed by atoms with van der Waals surface area (Å²) in [6.07, 6.45) is 0. The SMILES string of the molecule is Cc1ccc(C(=O)NNC(=O)[C@H](C)NS(=O)(=O)c2ccc(F)cc2)c(C)c1. The van der Waals surface area contributed by atoms with Crippen LogP contribution in [0.1, 0.15) is 28.4 Å². The quantitative estimate of drug-likeness (QED) is 0.671. The van der Waals surface area contributed by atoms with Gasteiger partial charge in [0.15, 0.2) is 0 Å². The zero-order valence-corrected chi connectivity index (χ0v) is 15.9. The normalized spacial score (nSPS) is 12.3. The third-order valence-electron chi connectivity index (χ3n) is 3.77. The molecule has 0 radical (unpaired) electrons. The van der Waals surface area contributed by atoms with Crippen LogP contribution in [0.4, 0.5) is 4.39 Å². The Kier molecular flexibility index (Phi) is 6.29. The van der Waals surface area contributed by atoms with E-state index >= 15 is 0 Å². The molecule has 0 saturated heterocycles. The lowest BCUT2D eigenvalue weighted by molar-refractivity contribution is -0.123. The van der Waals surface area contributed by atoms with Crippen molar-refractivity contribution in [2.75, 3.05) is 0 Å². The number of hydrazine groups is 1. The molecule has 1 atom stereocenters. The third-order valence-corrected chi connectivity index (χ3v) is 5.33. The molecule has 3 N–H and O–H groups in total. The number of aryl methyl sites for hydroxylation is 2. The molecular formula is C18H20FN3O4S. The Morgan fingerprint density at radius 1 is 1.00 bits per heavy atom. The van der Waals surface area contributed by atoms with E-state index in [9.17, 15) is 22.4 Å². The van der Waals surface area contributed by atoms with E-state index in [4.69, 9.17) is 0 Å². The van der Waals surface area contributed by atoms with Gasteiger partial charge in [-0.1, -0.05) is 17.7 Å². The summed E-state index contributed by atoms with van der Waals surface area (Å²) < 4.78 is 39.5. The molecule has 0 bridgehead atoms. The molecule has 2 aromatic rings. The molecule has 0 heterocycles. The van der Waals surface area contributed by atoms with E-state index in [1.54, 1.807) is 19.1 Å². The van der Waals surface area contributed by atoms with Crippen LogP contribution in [-0.4, -0.2) is 26.3 Å². The second-order valence-electron chi connectivity index (χ2n) is 6.06. The van der Waals surface area contributed by atoms with Crippen molar-refractivity contribution in [3.63, 3.8) is 0 Å². The number of nitrogens with one attached hydrogen (secondary N) is 3.